The molecule has 0 aliphatic carbocycles. The quantitative estimate of drug-likeness (QED) is 0.762. The smallest absolute Gasteiger partial charge is 0.148 e. The fourth-order valence-electron chi connectivity index (χ4n) is 2.66. The zero-order chi connectivity index (χ0) is 16.6. The molecule has 0 spiro atoms. The fraction of sp³-hybridized carbons (Fsp3) is 0.389. The van der Waals surface area contributed by atoms with Crippen LogP contribution in [0.1, 0.15) is 42.7 Å². The average molecular weight is 309 g/mol. The minimum absolute atomic E-state index is 0.0532. The topological polar surface area (TPSA) is 66.5 Å². The van der Waals surface area contributed by atoms with E-state index in [1.165, 1.54) is 5.56 Å². The van der Waals surface area contributed by atoms with E-state index in [1.54, 1.807) is 6.20 Å². The van der Waals surface area contributed by atoms with Gasteiger partial charge in [0.05, 0.1) is 28.5 Å². The lowest BCUT2D eigenvalue weighted by atomic mass is 10.0. The average Bonchev–Trinajstić information content (AvgIpc) is 2.90. The minimum atomic E-state index is 0.0532. The SMILES string of the molecule is Cc1ccc2nc(C(Nc3nc(C)cnc3C)C(C)C)[nH]c2c1. The van der Waals surface area contributed by atoms with Crippen molar-refractivity contribution in [3.05, 3.63) is 47.2 Å². The molecule has 5 heteroatoms. The highest BCUT2D eigenvalue weighted by Crippen LogP contribution is 2.27. The largest absolute Gasteiger partial charge is 0.358 e. The van der Waals surface area contributed by atoms with E-state index in [9.17, 15) is 0 Å². The number of imidazole rings is 1. The van der Waals surface area contributed by atoms with Crippen LogP contribution in [0.5, 0.6) is 0 Å². The maximum absolute atomic E-state index is 4.76. The first-order valence-electron chi connectivity index (χ1n) is 7.97. The number of anilines is 1. The molecule has 1 atom stereocenters. The number of benzene rings is 1. The van der Waals surface area contributed by atoms with Crippen LogP contribution in [0.4, 0.5) is 5.82 Å². The molecule has 3 rings (SSSR count). The molecule has 2 heterocycles. The van der Waals surface area contributed by atoms with Gasteiger partial charge < -0.3 is 10.3 Å². The van der Waals surface area contributed by atoms with Crippen LogP contribution >= 0.6 is 0 Å². The molecule has 120 valence electrons. The van der Waals surface area contributed by atoms with E-state index in [4.69, 9.17) is 4.98 Å². The summed E-state index contributed by atoms with van der Waals surface area (Å²) in [6.07, 6.45) is 1.79. The molecule has 3 aromatic rings. The number of aromatic nitrogens is 4. The predicted octanol–water partition coefficient (Wildman–Crippen LogP) is 4.09. The molecule has 0 aliphatic rings. The van der Waals surface area contributed by atoms with Crippen molar-refractivity contribution in [2.24, 2.45) is 5.92 Å². The van der Waals surface area contributed by atoms with Crippen molar-refractivity contribution in [1.29, 1.82) is 0 Å². The number of hydrogen-bond donors (Lipinski definition) is 2. The molecule has 23 heavy (non-hydrogen) atoms. The molecule has 2 aromatic heterocycles. The van der Waals surface area contributed by atoms with E-state index in [0.29, 0.717) is 5.92 Å². The number of nitrogens with one attached hydrogen (secondary N) is 2. The lowest BCUT2D eigenvalue weighted by Crippen LogP contribution is -2.20. The Balaban J connectivity index is 1.98. The first-order chi connectivity index (χ1) is 10.9. The van der Waals surface area contributed by atoms with Crippen molar-refractivity contribution in [3.8, 4) is 0 Å². The molecule has 0 saturated carbocycles. The van der Waals surface area contributed by atoms with Crippen LogP contribution in [0.3, 0.4) is 0 Å². The summed E-state index contributed by atoms with van der Waals surface area (Å²) in [5.74, 6) is 2.11. The minimum Gasteiger partial charge on any atom is -0.358 e. The molecule has 5 nitrogen and oxygen atoms in total. The van der Waals surface area contributed by atoms with Crippen LogP contribution < -0.4 is 5.32 Å². The Kier molecular flexibility index (Phi) is 4.03. The van der Waals surface area contributed by atoms with Crippen LogP contribution in [0.2, 0.25) is 0 Å². The van der Waals surface area contributed by atoms with Crippen LogP contribution in [0.15, 0.2) is 24.4 Å². The second-order valence-electron chi connectivity index (χ2n) is 6.45. The van der Waals surface area contributed by atoms with Gasteiger partial charge in [0.25, 0.3) is 0 Å². The van der Waals surface area contributed by atoms with Crippen LogP contribution in [0.25, 0.3) is 11.0 Å². The van der Waals surface area contributed by atoms with Gasteiger partial charge in [-0.1, -0.05) is 19.9 Å². The van der Waals surface area contributed by atoms with E-state index in [1.807, 2.05) is 13.8 Å². The van der Waals surface area contributed by atoms with Crippen LogP contribution in [-0.2, 0) is 0 Å². The van der Waals surface area contributed by atoms with Crippen molar-refractivity contribution in [2.75, 3.05) is 5.32 Å². The highest BCUT2D eigenvalue weighted by Gasteiger charge is 2.21. The zero-order valence-corrected chi connectivity index (χ0v) is 14.3. The van der Waals surface area contributed by atoms with E-state index in [-0.39, 0.29) is 6.04 Å². The Hall–Kier alpha value is -2.43. The third-order valence-electron chi connectivity index (χ3n) is 3.99. The number of H-pyrrole nitrogens is 1. The fourth-order valence-corrected chi connectivity index (χ4v) is 2.66. The Labute approximate surface area is 136 Å². The predicted molar refractivity (Wildman–Crippen MR) is 93.5 cm³/mol. The van der Waals surface area contributed by atoms with Crippen molar-refractivity contribution in [3.63, 3.8) is 0 Å². The van der Waals surface area contributed by atoms with Crippen molar-refractivity contribution < 1.29 is 0 Å². The highest BCUT2D eigenvalue weighted by atomic mass is 15.1. The van der Waals surface area contributed by atoms with E-state index < -0.39 is 0 Å². The van der Waals surface area contributed by atoms with Gasteiger partial charge in [0.1, 0.15) is 11.6 Å². The lowest BCUT2D eigenvalue weighted by molar-refractivity contribution is 0.524. The number of nitrogens with zero attached hydrogens (tertiary/aromatic N) is 3. The molecule has 1 aromatic carbocycles. The lowest BCUT2D eigenvalue weighted by Gasteiger charge is -2.21. The van der Waals surface area contributed by atoms with Gasteiger partial charge >= 0.3 is 0 Å². The van der Waals surface area contributed by atoms with Crippen molar-refractivity contribution >= 4 is 16.9 Å². The van der Waals surface area contributed by atoms with Gasteiger partial charge in [0, 0.05) is 6.20 Å². The molecule has 0 aliphatic heterocycles. The molecule has 1 unspecified atom stereocenters. The monoisotopic (exact) mass is 309 g/mol. The standard InChI is InChI=1S/C18H23N5/c1-10(2)16(23-17-13(5)19-9-12(4)20-17)18-21-14-7-6-11(3)8-15(14)22-18/h6-10,16H,1-5H3,(H,20,23)(H,21,22). The van der Waals surface area contributed by atoms with E-state index >= 15 is 0 Å². The summed E-state index contributed by atoms with van der Waals surface area (Å²) in [6, 6.07) is 6.32. The maximum atomic E-state index is 4.76. The summed E-state index contributed by atoms with van der Waals surface area (Å²) in [4.78, 5) is 17.2. The third-order valence-corrected chi connectivity index (χ3v) is 3.99. The number of aromatic amines is 1. The third kappa shape index (κ3) is 3.18. The maximum Gasteiger partial charge on any atom is 0.148 e. The number of aryl methyl sites for hydroxylation is 3. The molecule has 2 N–H and O–H groups in total. The molecule has 0 bridgehead atoms. The number of rotatable bonds is 4. The zero-order valence-electron chi connectivity index (χ0n) is 14.3. The molecular weight excluding hydrogens is 286 g/mol. The Morgan fingerprint density at radius 1 is 1.09 bits per heavy atom. The van der Waals surface area contributed by atoms with Gasteiger partial charge in [0.2, 0.25) is 0 Å². The van der Waals surface area contributed by atoms with Crippen molar-refractivity contribution in [1.82, 2.24) is 19.9 Å². The molecular formula is C18H23N5. The van der Waals surface area contributed by atoms with Gasteiger partial charge in [-0.05, 0) is 44.4 Å². The first kappa shape index (κ1) is 15.5. The summed E-state index contributed by atoms with van der Waals surface area (Å²) in [5.41, 5.74) is 5.08. The van der Waals surface area contributed by atoms with E-state index in [2.05, 4.69) is 59.2 Å². The summed E-state index contributed by atoms with van der Waals surface area (Å²) < 4.78 is 0. The summed E-state index contributed by atoms with van der Waals surface area (Å²) in [6.45, 7) is 10.4. The summed E-state index contributed by atoms with van der Waals surface area (Å²) in [5, 5.41) is 3.51. The molecule has 0 fully saturated rings. The second kappa shape index (κ2) is 5.99. The first-order valence-corrected chi connectivity index (χ1v) is 7.97. The summed E-state index contributed by atoms with van der Waals surface area (Å²) in [7, 11) is 0. The van der Waals surface area contributed by atoms with Crippen molar-refractivity contribution in [2.45, 2.75) is 40.7 Å². The highest BCUT2D eigenvalue weighted by molar-refractivity contribution is 5.76. The molecule has 0 amide bonds. The van der Waals surface area contributed by atoms with Gasteiger partial charge in [-0.15, -0.1) is 0 Å². The Morgan fingerprint density at radius 2 is 1.87 bits per heavy atom. The Bertz CT molecular complexity index is 835. The normalized spacial score (nSPS) is 12.8. The van der Waals surface area contributed by atoms with Gasteiger partial charge in [-0.25, -0.2) is 9.97 Å². The number of hydrogen-bond acceptors (Lipinski definition) is 4. The van der Waals surface area contributed by atoms with Gasteiger partial charge in [0.15, 0.2) is 0 Å². The molecule has 0 radical (unpaired) electrons. The van der Waals surface area contributed by atoms with Gasteiger partial charge in [-0.3, -0.25) is 4.98 Å². The Morgan fingerprint density at radius 3 is 2.61 bits per heavy atom. The summed E-state index contributed by atoms with van der Waals surface area (Å²) >= 11 is 0. The van der Waals surface area contributed by atoms with Crippen LogP contribution in [-0.4, -0.2) is 19.9 Å². The van der Waals surface area contributed by atoms with Gasteiger partial charge in [-0.2, -0.15) is 0 Å². The van der Waals surface area contributed by atoms with E-state index in [0.717, 1.165) is 34.1 Å². The molecule has 0 saturated heterocycles. The number of fused-ring (bicyclic) bond motifs is 1. The van der Waals surface area contributed by atoms with Crippen LogP contribution in [0, 0.1) is 26.7 Å². The second-order valence-corrected chi connectivity index (χ2v) is 6.45.